The van der Waals surface area contributed by atoms with Crippen molar-refractivity contribution < 1.29 is 4.39 Å². The number of aryl methyl sites for hydroxylation is 1. The van der Waals surface area contributed by atoms with E-state index >= 15 is 0 Å². The first-order chi connectivity index (χ1) is 8.75. The van der Waals surface area contributed by atoms with E-state index in [2.05, 4.69) is 5.32 Å². The van der Waals surface area contributed by atoms with Gasteiger partial charge in [-0.1, -0.05) is 6.07 Å². The van der Waals surface area contributed by atoms with E-state index in [0.29, 0.717) is 5.92 Å². The third-order valence-corrected chi connectivity index (χ3v) is 4.05. The average Bonchev–Trinajstić information content (AvgIpc) is 2.77. The zero-order chi connectivity index (χ0) is 12.5. The molecule has 1 saturated heterocycles. The lowest BCUT2D eigenvalue weighted by molar-refractivity contribution is 0.369. The Labute approximate surface area is 107 Å². The minimum Gasteiger partial charge on any atom is -0.350 e. The summed E-state index contributed by atoms with van der Waals surface area (Å²) in [4.78, 5) is 0. The predicted molar refractivity (Wildman–Crippen MR) is 72.2 cm³/mol. The van der Waals surface area contributed by atoms with Crippen LogP contribution in [0.5, 0.6) is 0 Å². The molecule has 3 rings (SSSR count). The lowest BCUT2D eigenvalue weighted by Gasteiger charge is -2.22. The van der Waals surface area contributed by atoms with Gasteiger partial charge in [0.15, 0.2) is 0 Å². The summed E-state index contributed by atoms with van der Waals surface area (Å²) in [7, 11) is 1.95. The summed E-state index contributed by atoms with van der Waals surface area (Å²) in [5.41, 5.74) is 1.85. The van der Waals surface area contributed by atoms with Crippen molar-refractivity contribution in [1.29, 1.82) is 0 Å². The van der Waals surface area contributed by atoms with Crippen LogP contribution in [0.3, 0.4) is 0 Å². The normalized spacial score (nSPS) is 17.4. The highest BCUT2D eigenvalue weighted by Crippen LogP contribution is 2.25. The van der Waals surface area contributed by atoms with Gasteiger partial charge in [-0.15, -0.1) is 0 Å². The van der Waals surface area contributed by atoms with Crippen molar-refractivity contribution in [2.45, 2.75) is 19.3 Å². The van der Waals surface area contributed by atoms with Crippen LogP contribution in [-0.4, -0.2) is 17.7 Å². The Hall–Kier alpha value is -1.35. The predicted octanol–water partition coefficient (Wildman–Crippen LogP) is 2.86. The van der Waals surface area contributed by atoms with Gasteiger partial charge in [0.2, 0.25) is 0 Å². The Morgan fingerprint density at radius 2 is 2.06 bits per heavy atom. The molecule has 0 spiro atoms. The zero-order valence-electron chi connectivity index (χ0n) is 10.7. The lowest BCUT2D eigenvalue weighted by Crippen LogP contribution is -2.28. The van der Waals surface area contributed by atoms with E-state index in [9.17, 15) is 4.39 Å². The molecule has 3 heteroatoms. The third kappa shape index (κ3) is 2.03. The summed E-state index contributed by atoms with van der Waals surface area (Å²) in [5, 5.41) is 4.10. The van der Waals surface area contributed by atoms with Crippen LogP contribution in [0.15, 0.2) is 24.4 Å². The first kappa shape index (κ1) is 11.7. The van der Waals surface area contributed by atoms with Crippen molar-refractivity contribution in [3.8, 4) is 0 Å². The fourth-order valence-corrected chi connectivity index (χ4v) is 2.92. The maximum Gasteiger partial charge on any atom is 0.135 e. The van der Waals surface area contributed by atoms with Crippen LogP contribution in [-0.2, 0) is 13.5 Å². The van der Waals surface area contributed by atoms with Gasteiger partial charge >= 0.3 is 0 Å². The van der Waals surface area contributed by atoms with Crippen molar-refractivity contribution in [3.63, 3.8) is 0 Å². The molecule has 1 N–H and O–H groups in total. The quantitative estimate of drug-likeness (QED) is 0.862. The molecule has 1 aromatic heterocycles. The lowest BCUT2D eigenvalue weighted by atomic mass is 9.90. The van der Waals surface area contributed by atoms with Gasteiger partial charge in [-0.2, -0.15) is 0 Å². The summed E-state index contributed by atoms with van der Waals surface area (Å²) in [5.74, 6) is 0.605. The molecule has 0 amide bonds. The first-order valence-electron chi connectivity index (χ1n) is 6.69. The molecule has 2 aromatic rings. The standard InChI is InChI=1S/C15H19FN2/c1-18-9-6-13-14(18)3-2-12(15(13)16)10-11-4-7-17-8-5-11/h2-3,6,9,11,17H,4-5,7-8,10H2,1H3. The summed E-state index contributed by atoms with van der Waals surface area (Å²) in [6.45, 7) is 2.14. The van der Waals surface area contributed by atoms with Crippen LogP contribution >= 0.6 is 0 Å². The molecule has 0 saturated carbocycles. The van der Waals surface area contributed by atoms with Crippen LogP contribution in [0.4, 0.5) is 4.39 Å². The Morgan fingerprint density at radius 1 is 1.28 bits per heavy atom. The summed E-state index contributed by atoms with van der Waals surface area (Å²) >= 11 is 0. The Morgan fingerprint density at radius 3 is 2.83 bits per heavy atom. The van der Waals surface area contributed by atoms with Gasteiger partial charge in [0, 0.05) is 18.6 Å². The molecule has 1 fully saturated rings. The summed E-state index contributed by atoms with van der Waals surface area (Å²) in [6.07, 6.45) is 5.11. The highest BCUT2D eigenvalue weighted by Gasteiger charge is 2.17. The first-order valence-corrected chi connectivity index (χ1v) is 6.69. The van der Waals surface area contributed by atoms with E-state index in [4.69, 9.17) is 0 Å². The number of piperidine rings is 1. The van der Waals surface area contributed by atoms with Crippen LogP contribution in [0.1, 0.15) is 18.4 Å². The maximum atomic E-state index is 14.4. The number of hydrogen-bond acceptors (Lipinski definition) is 1. The number of nitrogens with zero attached hydrogens (tertiary/aromatic N) is 1. The summed E-state index contributed by atoms with van der Waals surface area (Å²) in [6, 6.07) is 5.87. The van der Waals surface area contributed by atoms with Crippen molar-refractivity contribution in [1.82, 2.24) is 9.88 Å². The molecular weight excluding hydrogens is 227 g/mol. The number of aromatic nitrogens is 1. The number of benzene rings is 1. The van der Waals surface area contributed by atoms with E-state index in [-0.39, 0.29) is 5.82 Å². The highest BCUT2D eigenvalue weighted by atomic mass is 19.1. The SMILES string of the molecule is Cn1ccc2c(F)c(CC3CCNCC3)ccc21. The third-order valence-electron chi connectivity index (χ3n) is 4.05. The van der Waals surface area contributed by atoms with Gasteiger partial charge in [-0.25, -0.2) is 4.39 Å². The van der Waals surface area contributed by atoms with Crippen molar-refractivity contribution >= 4 is 10.9 Å². The van der Waals surface area contributed by atoms with E-state index < -0.39 is 0 Å². The molecule has 0 bridgehead atoms. The fourth-order valence-electron chi connectivity index (χ4n) is 2.92. The smallest absolute Gasteiger partial charge is 0.135 e. The molecule has 0 aliphatic carbocycles. The number of fused-ring (bicyclic) bond motifs is 1. The molecule has 0 atom stereocenters. The topological polar surface area (TPSA) is 17.0 Å². The number of rotatable bonds is 2. The number of hydrogen-bond donors (Lipinski definition) is 1. The van der Waals surface area contributed by atoms with Crippen LogP contribution in [0, 0.1) is 11.7 Å². The van der Waals surface area contributed by atoms with Gasteiger partial charge in [-0.05, 0) is 56.0 Å². The van der Waals surface area contributed by atoms with E-state index in [1.807, 2.05) is 36.0 Å². The molecule has 1 aliphatic heterocycles. The van der Waals surface area contributed by atoms with Crippen LogP contribution < -0.4 is 5.32 Å². The Kier molecular flexibility index (Phi) is 3.08. The van der Waals surface area contributed by atoms with Crippen molar-refractivity contribution in [2.24, 2.45) is 13.0 Å². The molecule has 1 aromatic carbocycles. The molecule has 2 heterocycles. The number of halogens is 1. The Bertz CT molecular complexity index is 553. The minimum atomic E-state index is -0.0216. The van der Waals surface area contributed by atoms with Gasteiger partial charge < -0.3 is 9.88 Å². The van der Waals surface area contributed by atoms with E-state index in [1.54, 1.807) is 0 Å². The second kappa shape index (κ2) is 4.73. The second-order valence-electron chi connectivity index (χ2n) is 5.30. The fraction of sp³-hybridized carbons (Fsp3) is 0.467. The largest absolute Gasteiger partial charge is 0.350 e. The van der Waals surface area contributed by atoms with Crippen molar-refractivity contribution in [3.05, 3.63) is 35.8 Å². The molecule has 1 aliphatic rings. The maximum absolute atomic E-state index is 14.4. The highest BCUT2D eigenvalue weighted by molar-refractivity contribution is 5.81. The number of nitrogens with one attached hydrogen (secondary N) is 1. The molecule has 0 unspecified atom stereocenters. The van der Waals surface area contributed by atoms with E-state index in [0.717, 1.165) is 48.8 Å². The summed E-state index contributed by atoms with van der Waals surface area (Å²) < 4.78 is 16.4. The Balaban J connectivity index is 1.89. The average molecular weight is 246 g/mol. The molecule has 0 radical (unpaired) electrons. The second-order valence-corrected chi connectivity index (χ2v) is 5.30. The van der Waals surface area contributed by atoms with Crippen LogP contribution in [0.25, 0.3) is 10.9 Å². The zero-order valence-corrected chi connectivity index (χ0v) is 10.7. The van der Waals surface area contributed by atoms with Gasteiger partial charge in [-0.3, -0.25) is 0 Å². The molecule has 18 heavy (non-hydrogen) atoms. The minimum absolute atomic E-state index is 0.0216. The molecular formula is C15H19FN2. The monoisotopic (exact) mass is 246 g/mol. The molecule has 96 valence electrons. The van der Waals surface area contributed by atoms with Gasteiger partial charge in [0.25, 0.3) is 0 Å². The van der Waals surface area contributed by atoms with Gasteiger partial charge in [0.05, 0.1) is 5.52 Å². The molecule has 2 nitrogen and oxygen atoms in total. The van der Waals surface area contributed by atoms with Crippen LogP contribution in [0.2, 0.25) is 0 Å². The van der Waals surface area contributed by atoms with Crippen molar-refractivity contribution in [2.75, 3.05) is 13.1 Å². The van der Waals surface area contributed by atoms with E-state index in [1.165, 1.54) is 0 Å². The van der Waals surface area contributed by atoms with Gasteiger partial charge in [0.1, 0.15) is 5.82 Å².